The zero-order valence-electron chi connectivity index (χ0n) is 17.1. The number of hydrogen-bond donors (Lipinski definition) is 1. The Morgan fingerprint density at radius 2 is 1.55 bits per heavy atom. The molecule has 0 fully saturated rings. The summed E-state index contributed by atoms with van der Waals surface area (Å²) in [6, 6.07) is 19.0. The summed E-state index contributed by atoms with van der Waals surface area (Å²) in [5.41, 5.74) is 4.35. The minimum Gasteiger partial charge on any atom is -0.493 e. The Labute approximate surface area is 171 Å². The highest BCUT2D eigenvalue weighted by molar-refractivity contribution is 6.05. The molecule has 29 heavy (non-hydrogen) atoms. The van der Waals surface area contributed by atoms with Crippen LogP contribution in [0.3, 0.4) is 0 Å². The van der Waals surface area contributed by atoms with E-state index in [4.69, 9.17) is 14.2 Å². The number of carbonyl (C=O) groups is 1. The maximum atomic E-state index is 12.8. The van der Waals surface area contributed by atoms with Crippen molar-refractivity contribution in [3.05, 3.63) is 82.9 Å². The molecular formula is C24H25NO4. The molecule has 0 aromatic heterocycles. The second-order valence-corrected chi connectivity index (χ2v) is 6.76. The largest absolute Gasteiger partial charge is 0.493 e. The van der Waals surface area contributed by atoms with Crippen molar-refractivity contribution < 1.29 is 19.0 Å². The third kappa shape index (κ3) is 4.88. The standard InChI is InChI=1S/C24H25NO4/c1-16-10-11-20(17(2)12-16)25-24(26)19-13-21(27-3)23(22(14-19)28-4)29-15-18-8-6-5-7-9-18/h5-14H,15H2,1-4H3,(H,25,26). The number of hydrogen-bond acceptors (Lipinski definition) is 4. The van der Waals surface area contributed by atoms with Crippen LogP contribution in [-0.4, -0.2) is 20.1 Å². The molecule has 0 saturated heterocycles. The van der Waals surface area contributed by atoms with Gasteiger partial charge in [-0.2, -0.15) is 0 Å². The second-order valence-electron chi connectivity index (χ2n) is 6.76. The summed E-state index contributed by atoms with van der Waals surface area (Å²) in [6.07, 6.45) is 0. The first kappa shape index (κ1) is 20.3. The molecule has 5 nitrogen and oxygen atoms in total. The molecule has 3 rings (SSSR count). The summed E-state index contributed by atoms with van der Waals surface area (Å²) >= 11 is 0. The molecule has 3 aromatic rings. The molecule has 0 spiro atoms. The Morgan fingerprint density at radius 1 is 0.897 bits per heavy atom. The highest BCUT2D eigenvalue weighted by atomic mass is 16.5. The van der Waals surface area contributed by atoms with E-state index in [-0.39, 0.29) is 5.91 Å². The number of nitrogens with one attached hydrogen (secondary N) is 1. The number of rotatable bonds is 7. The van der Waals surface area contributed by atoms with Gasteiger partial charge < -0.3 is 19.5 Å². The van der Waals surface area contributed by atoms with Crippen molar-refractivity contribution >= 4 is 11.6 Å². The molecule has 1 N–H and O–H groups in total. The van der Waals surface area contributed by atoms with Crippen LogP contribution in [0.5, 0.6) is 17.2 Å². The summed E-state index contributed by atoms with van der Waals surface area (Å²) in [5.74, 6) is 1.09. The van der Waals surface area contributed by atoms with Gasteiger partial charge in [0, 0.05) is 11.3 Å². The van der Waals surface area contributed by atoms with Gasteiger partial charge in [0.25, 0.3) is 5.91 Å². The van der Waals surface area contributed by atoms with E-state index in [0.717, 1.165) is 22.4 Å². The minimum absolute atomic E-state index is 0.247. The number of amides is 1. The zero-order valence-corrected chi connectivity index (χ0v) is 17.1. The number of ether oxygens (including phenoxy) is 3. The normalized spacial score (nSPS) is 10.3. The molecule has 1 amide bonds. The SMILES string of the molecule is COc1cc(C(=O)Nc2ccc(C)cc2C)cc(OC)c1OCc1ccccc1. The maximum Gasteiger partial charge on any atom is 0.255 e. The molecule has 3 aromatic carbocycles. The number of anilines is 1. The lowest BCUT2D eigenvalue weighted by molar-refractivity contribution is 0.102. The predicted octanol–water partition coefficient (Wildman–Crippen LogP) is 5.15. The van der Waals surface area contributed by atoms with E-state index in [0.29, 0.717) is 29.4 Å². The third-order valence-corrected chi connectivity index (χ3v) is 4.58. The summed E-state index contributed by atoms with van der Waals surface area (Å²) in [7, 11) is 3.08. The monoisotopic (exact) mass is 391 g/mol. The Hall–Kier alpha value is -3.47. The number of benzene rings is 3. The molecule has 0 saturated carbocycles. The van der Waals surface area contributed by atoms with Crippen molar-refractivity contribution in [2.45, 2.75) is 20.5 Å². The fourth-order valence-electron chi connectivity index (χ4n) is 3.03. The summed E-state index contributed by atoms with van der Waals surface area (Å²) in [5, 5.41) is 2.94. The van der Waals surface area contributed by atoms with E-state index in [1.165, 1.54) is 14.2 Å². The van der Waals surface area contributed by atoms with Crippen molar-refractivity contribution in [2.75, 3.05) is 19.5 Å². The Balaban J connectivity index is 1.85. The van der Waals surface area contributed by atoms with Crippen molar-refractivity contribution in [2.24, 2.45) is 0 Å². The average Bonchev–Trinajstić information content (AvgIpc) is 2.74. The van der Waals surface area contributed by atoms with E-state index < -0.39 is 0 Å². The van der Waals surface area contributed by atoms with Gasteiger partial charge in [0.15, 0.2) is 11.5 Å². The Kier molecular flexibility index (Phi) is 6.39. The highest BCUT2D eigenvalue weighted by Gasteiger charge is 2.18. The van der Waals surface area contributed by atoms with Gasteiger partial charge in [-0.25, -0.2) is 0 Å². The van der Waals surface area contributed by atoms with Gasteiger partial charge in [-0.3, -0.25) is 4.79 Å². The van der Waals surface area contributed by atoms with Gasteiger partial charge >= 0.3 is 0 Å². The molecule has 0 unspecified atom stereocenters. The fraction of sp³-hybridized carbons (Fsp3) is 0.208. The second kappa shape index (κ2) is 9.15. The van der Waals surface area contributed by atoms with Crippen LogP contribution in [0.1, 0.15) is 27.0 Å². The molecule has 0 bridgehead atoms. The first-order valence-corrected chi connectivity index (χ1v) is 9.33. The van der Waals surface area contributed by atoms with E-state index in [2.05, 4.69) is 5.32 Å². The van der Waals surface area contributed by atoms with E-state index in [1.54, 1.807) is 12.1 Å². The molecule has 0 atom stereocenters. The van der Waals surface area contributed by atoms with E-state index in [9.17, 15) is 4.79 Å². The smallest absolute Gasteiger partial charge is 0.255 e. The molecule has 5 heteroatoms. The molecule has 150 valence electrons. The lowest BCUT2D eigenvalue weighted by Crippen LogP contribution is -2.13. The van der Waals surface area contributed by atoms with Crippen LogP contribution in [-0.2, 0) is 6.61 Å². The quantitative estimate of drug-likeness (QED) is 0.605. The summed E-state index contributed by atoms with van der Waals surface area (Å²) in [6.45, 7) is 4.34. The topological polar surface area (TPSA) is 56.8 Å². The molecule has 0 heterocycles. The fourth-order valence-corrected chi connectivity index (χ4v) is 3.03. The lowest BCUT2D eigenvalue weighted by atomic mass is 10.1. The number of aryl methyl sites for hydroxylation is 2. The van der Waals surface area contributed by atoms with Gasteiger partial charge in [-0.1, -0.05) is 48.0 Å². The van der Waals surface area contributed by atoms with Crippen LogP contribution in [0.25, 0.3) is 0 Å². The summed E-state index contributed by atoms with van der Waals surface area (Å²) in [4.78, 5) is 12.8. The van der Waals surface area contributed by atoms with Gasteiger partial charge in [-0.15, -0.1) is 0 Å². The van der Waals surface area contributed by atoms with E-state index >= 15 is 0 Å². The van der Waals surface area contributed by atoms with Crippen molar-refractivity contribution in [1.29, 1.82) is 0 Å². The summed E-state index contributed by atoms with van der Waals surface area (Å²) < 4.78 is 16.9. The molecule has 0 aliphatic rings. The first-order chi connectivity index (χ1) is 14.0. The number of methoxy groups -OCH3 is 2. The van der Waals surface area contributed by atoms with Gasteiger partial charge in [0.1, 0.15) is 6.61 Å². The van der Waals surface area contributed by atoms with Crippen LogP contribution in [0, 0.1) is 13.8 Å². The number of carbonyl (C=O) groups excluding carboxylic acids is 1. The van der Waals surface area contributed by atoms with Crippen LogP contribution in [0.15, 0.2) is 60.7 Å². The van der Waals surface area contributed by atoms with Crippen molar-refractivity contribution in [3.8, 4) is 17.2 Å². The lowest BCUT2D eigenvalue weighted by Gasteiger charge is -2.16. The van der Waals surface area contributed by atoms with Gasteiger partial charge in [-0.05, 0) is 43.2 Å². The van der Waals surface area contributed by atoms with Crippen molar-refractivity contribution in [3.63, 3.8) is 0 Å². The zero-order chi connectivity index (χ0) is 20.8. The van der Waals surface area contributed by atoms with Crippen LogP contribution in [0.4, 0.5) is 5.69 Å². The van der Waals surface area contributed by atoms with Gasteiger partial charge in [0.2, 0.25) is 5.75 Å². The third-order valence-electron chi connectivity index (χ3n) is 4.58. The molecule has 0 radical (unpaired) electrons. The highest BCUT2D eigenvalue weighted by Crippen LogP contribution is 2.39. The predicted molar refractivity (Wildman–Crippen MR) is 114 cm³/mol. The molecular weight excluding hydrogens is 366 g/mol. The van der Waals surface area contributed by atoms with Crippen LogP contribution in [0.2, 0.25) is 0 Å². The molecule has 0 aliphatic carbocycles. The minimum atomic E-state index is -0.247. The molecule has 0 aliphatic heterocycles. The Morgan fingerprint density at radius 3 is 2.14 bits per heavy atom. The van der Waals surface area contributed by atoms with Gasteiger partial charge in [0.05, 0.1) is 14.2 Å². The van der Waals surface area contributed by atoms with E-state index in [1.807, 2.05) is 62.4 Å². The van der Waals surface area contributed by atoms with Crippen molar-refractivity contribution in [1.82, 2.24) is 0 Å². The average molecular weight is 391 g/mol. The first-order valence-electron chi connectivity index (χ1n) is 9.33. The van der Waals surface area contributed by atoms with Crippen LogP contribution < -0.4 is 19.5 Å². The Bertz CT molecular complexity index is 974. The van der Waals surface area contributed by atoms with Crippen LogP contribution >= 0.6 is 0 Å². The maximum absolute atomic E-state index is 12.8.